The summed E-state index contributed by atoms with van der Waals surface area (Å²) in [6.07, 6.45) is 0.979. The number of hydrogen-bond acceptors (Lipinski definition) is 1. The van der Waals surface area contributed by atoms with Crippen LogP contribution in [0.5, 0.6) is 0 Å². The predicted octanol–water partition coefficient (Wildman–Crippen LogP) is 1.93. The molecule has 0 heterocycles. The molecule has 0 amide bonds. The molecule has 0 saturated heterocycles. The molecule has 0 bridgehead atoms. The van der Waals surface area contributed by atoms with E-state index in [-0.39, 0.29) is 4.87 Å². The van der Waals surface area contributed by atoms with Gasteiger partial charge in [-0.3, -0.25) is 0 Å². The summed E-state index contributed by atoms with van der Waals surface area (Å²) in [6, 6.07) is 0. The maximum atomic E-state index is 5.56. The van der Waals surface area contributed by atoms with Gasteiger partial charge in [0.05, 0.1) is 0 Å². The molecule has 0 aliphatic carbocycles. The lowest BCUT2D eigenvalue weighted by molar-refractivity contribution is 1.05. The molecule has 0 aromatic carbocycles. The first-order valence-electron chi connectivity index (χ1n) is 2.14. The van der Waals surface area contributed by atoms with Gasteiger partial charge in [0, 0.05) is 4.87 Å². The van der Waals surface area contributed by atoms with Crippen molar-refractivity contribution in [2.75, 3.05) is 0 Å². The fourth-order valence-electron chi connectivity index (χ4n) is 0.178. The molecule has 4 heteroatoms. The zero-order chi connectivity index (χ0) is 5.86. The highest BCUT2D eigenvalue weighted by Crippen LogP contribution is 2.11. The fourth-order valence-corrected chi connectivity index (χ4v) is 1.60. The topological polar surface area (TPSA) is 0 Å². The Morgan fingerprint density at radius 2 is 2.14 bits per heavy atom. The summed E-state index contributed by atoms with van der Waals surface area (Å²) in [6.45, 7) is 2.03. The molecule has 0 saturated carbocycles. The number of thiol groups is 1. The number of halogens is 2. The Balaban J connectivity index is 3.14. The minimum Gasteiger partial charge on any atom is -0.177 e. The van der Waals surface area contributed by atoms with Crippen LogP contribution in [-0.4, -0.2) is 12.3 Å². The Bertz CT molecular complexity index is 50.2. The van der Waals surface area contributed by atoms with Gasteiger partial charge in [-0.2, -0.15) is 12.6 Å². The van der Waals surface area contributed by atoms with Crippen molar-refractivity contribution in [1.82, 2.24) is 0 Å². The van der Waals surface area contributed by atoms with E-state index in [1.807, 2.05) is 6.92 Å². The molecule has 44 valence electrons. The molecule has 7 heavy (non-hydrogen) atoms. The maximum absolute atomic E-state index is 5.56. The van der Waals surface area contributed by atoms with E-state index in [0.29, 0.717) is 0 Å². The molecular formula is C3H8Cl2SSi. The van der Waals surface area contributed by atoms with Gasteiger partial charge in [0.1, 0.15) is 0 Å². The van der Waals surface area contributed by atoms with E-state index in [1.165, 1.54) is 0 Å². The molecule has 0 fully saturated rings. The Morgan fingerprint density at radius 3 is 2.14 bits per heavy atom. The first kappa shape index (κ1) is 8.15. The SMILES string of the molecule is CCC(S)[SiH](Cl)Cl. The highest BCUT2D eigenvalue weighted by Gasteiger charge is 2.10. The molecule has 0 aliphatic rings. The molecule has 1 atom stereocenters. The van der Waals surface area contributed by atoms with Crippen LogP contribution in [0, 0.1) is 0 Å². The smallest absolute Gasteiger partial charge is 0.177 e. The normalized spacial score (nSPS) is 15.0. The lowest BCUT2D eigenvalue weighted by atomic mass is 10.6. The third-order valence-electron chi connectivity index (χ3n) is 0.709. The summed E-state index contributed by atoms with van der Waals surface area (Å²) >= 11 is 15.2. The van der Waals surface area contributed by atoms with Crippen molar-refractivity contribution in [2.24, 2.45) is 0 Å². The Labute approximate surface area is 60.6 Å². The van der Waals surface area contributed by atoms with Gasteiger partial charge in [-0.15, -0.1) is 22.2 Å². The highest BCUT2D eigenvalue weighted by atomic mass is 35.7. The van der Waals surface area contributed by atoms with Gasteiger partial charge in [-0.05, 0) is 6.42 Å². The summed E-state index contributed by atoms with van der Waals surface area (Å²) in [5.74, 6) is 0. The fraction of sp³-hybridized carbons (Fsp3) is 1.00. The molecule has 0 spiro atoms. The Kier molecular flexibility index (Phi) is 4.74. The van der Waals surface area contributed by atoms with Gasteiger partial charge >= 0.3 is 0 Å². The Morgan fingerprint density at radius 1 is 1.71 bits per heavy atom. The van der Waals surface area contributed by atoms with Gasteiger partial charge in [0.25, 0.3) is 0 Å². The predicted molar refractivity (Wildman–Crippen MR) is 41.9 cm³/mol. The average molecular weight is 175 g/mol. The quantitative estimate of drug-likeness (QED) is 0.370. The largest absolute Gasteiger partial charge is 0.249 e. The third kappa shape index (κ3) is 3.71. The van der Waals surface area contributed by atoms with E-state index in [1.54, 1.807) is 0 Å². The van der Waals surface area contributed by atoms with Crippen LogP contribution in [0.1, 0.15) is 13.3 Å². The summed E-state index contributed by atoms with van der Waals surface area (Å²) in [5, 5.41) is 0. The van der Waals surface area contributed by atoms with Crippen LogP contribution in [0.3, 0.4) is 0 Å². The van der Waals surface area contributed by atoms with Crippen molar-refractivity contribution in [1.29, 1.82) is 0 Å². The van der Waals surface area contributed by atoms with Crippen LogP contribution in [0.2, 0.25) is 0 Å². The molecule has 0 nitrogen and oxygen atoms in total. The van der Waals surface area contributed by atoms with Gasteiger partial charge in [-0.25, -0.2) is 0 Å². The van der Waals surface area contributed by atoms with Crippen LogP contribution >= 0.6 is 34.8 Å². The van der Waals surface area contributed by atoms with Crippen molar-refractivity contribution in [3.63, 3.8) is 0 Å². The number of rotatable bonds is 2. The van der Waals surface area contributed by atoms with Crippen LogP contribution in [-0.2, 0) is 0 Å². The Hall–Kier alpha value is 1.15. The molecule has 0 N–H and O–H groups in total. The van der Waals surface area contributed by atoms with Crippen molar-refractivity contribution < 1.29 is 0 Å². The van der Waals surface area contributed by atoms with Crippen LogP contribution in [0.15, 0.2) is 0 Å². The van der Waals surface area contributed by atoms with Gasteiger partial charge < -0.3 is 0 Å². The molecule has 0 aromatic rings. The van der Waals surface area contributed by atoms with E-state index < -0.39 is 7.42 Å². The summed E-state index contributed by atoms with van der Waals surface area (Å²) in [5.41, 5.74) is 0. The summed E-state index contributed by atoms with van der Waals surface area (Å²) in [4.78, 5) is 0.267. The monoisotopic (exact) mass is 174 g/mol. The second kappa shape index (κ2) is 4.07. The van der Waals surface area contributed by atoms with Gasteiger partial charge in [0.2, 0.25) is 7.42 Å². The maximum Gasteiger partial charge on any atom is 0.249 e. The molecule has 0 radical (unpaired) electrons. The first-order chi connectivity index (χ1) is 3.18. The number of hydrogen-bond donors (Lipinski definition) is 1. The third-order valence-corrected chi connectivity index (χ3v) is 5.90. The average Bonchev–Trinajstić information content (AvgIpc) is 1.65. The first-order valence-corrected chi connectivity index (χ1v) is 6.82. The van der Waals surface area contributed by atoms with Crippen LogP contribution in [0.25, 0.3) is 0 Å². The molecule has 0 aromatic heterocycles. The van der Waals surface area contributed by atoms with Gasteiger partial charge in [-0.1, -0.05) is 6.92 Å². The van der Waals surface area contributed by atoms with E-state index in [2.05, 4.69) is 12.6 Å². The molecular weight excluding hydrogens is 167 g/mol. The lowest BCUT2D eigenvalue weighted by Gasteiger charge is -2.02. The second-order valence-corrected chi connectivity index (χ2v) is 7.50. The van der Waals surface area contributed by atoms with E-state index in [0.717, 1.165) is 6.42 Å². The van der Waals surface area contributed by atoms with Crippen molar-refractivity contribution in [2.45, 2.75) is 18.2 Å². The molecule has 0 aliphatic heterocycles. The van der Waals surface area contributed by atoms with E-state index in [9.17, 15) is 0 Å². The minimum absolute atomic E-state index is 0.267. The van der Waals surface area contributed by atoms with Crippen molar-refractivity contribution in [3.8, 4) is 0 Å². The standard InChI is InChI=1S/C3H8Cl2SSi/c1-2-3(6)7(4)5/h3,6-7H,2H2,1H3. The zero-order valence-electron chi connectivity index (χ0n) is 4.06. The minimum atomic E-state index is -1.46. The summed E-state index contributed by atoms with van der Waals surface area (Å²) < 4.78 is 0. The zero-order valence-corrected chi connectivity index (χ0v) is 7.63. The lowest BCUT2D eigenvalue weighted by Crippen LogP contribution is -2.11. The van der Waals surface area contributed by atoms with Gasteiger partial charge in [0.15, 0.2) is 0 Å². The second-order valence-electron chi connectivity index (χ2n) is 1.31. The van der Waals surface area contributed by atoms with E-state index >= 15 is 0 Å². The summed E-state index contributed by atoms with van der Waals surface area (Å²) in [7, 11) is -1.46. The van der Waals surface area contributed by atoms with Crippen LogP contribution < -0.4 is 0 Å². The molecule has 1 unspecified atom stereocenters. The van der Waals surface area contributed by atoms with Crippen molar-refractivity contribution >= 4 is 42.2 Å². The van der Waals surface area contributed by atoms with Crippen molar-refractivity contribution in [3.05, 3.63) is 0 Å². The van der Waals surface area contributed by atoms with Crippen LogP contribution in [0.4, 0.5) is 0 Å². The van der Waals surface area contributed by atoms with E-state index in [4.69, 9.17) is 22.2 Å². The highest BCUT2D eigenvalue weighted by molar-refractivity contribution is 7.84. The molecule has 0 rings (SSSR count).